The van der Waals surface area contributed by atoms with Crippen LogP contribution in [0.2, 0.25) is 0 Å². The van der Waals surface area contributed by atoms with Gasteiger partial charge in [0.15, 0.2) is 16.6 Å². The number of carbonyl (C=O) groups excluding carboxylic acids is 1. The van der Waals surface area contributed by atoms with Crippen molar-refractivity contribution in [3.05, 3.63) is 71.2 Å². The zero-order valence-corrected chi connectivity index (χ0v) is 16.2. The topological polar surface area (TPSA) is 51.7 Å². The van der Waals surface area contributed by atoms with Crippen molar-refractivity contribution < 1.29 is 14.3 Å². The molecule has 0 aliphatic carbocycles. The van der Waals surface area contributed by atoms with Crippen LogP contribution in [0.15, 0.2) is 60.0 Å². The first-order valence-electron chi connectivity index (χ1n) is 8.33. The third kappa shape index (κ3) is 4.35. The SMILES string of the molecule is COc1ccc(C=CC(=O)N(c2ccccc2)c2nc(C)cs2)cc1OC. The van der Waals surface area contributed by atoms with Gasteiger partial charge in [0.25, 0.3) is 5.91 Å². The van der Waals surface area contributed by atoms with E-state index in [0.29, 0.717) is 16.6 Å². The molecular weight excluding hydrogens is 360 g/mol. The first kappa shape index (κ1) is 18.7. The van der Waals surface area contributed by atoms with Crippen molar-refractivity contribution in [1.82, 2.24) is 4.98 Å². The van der Waals surface area contributed by atoms with Crippen molar-refractivity contribution in [2.75, 3.05) is 19.1 Å². The molecule has 0 aliphatic rings. The minimum atomic E-state index is -0.176. The first-order chi connectivity index (χ1) is 13.1. The standard InChI is InChI=1S/C21H20N2O3S/c1-15-14-27-21(22-15)23(17-7-5-4-6-8-17)20(24)12-10-16-9-11-18(25-2)19(13-16)26-3/h4-14H,1-3H3. The Kier molecular flexibility index (Phi) is 5.88. The Labute approximate surface area is 162 Å². The number of aromatic nitrogens is 1. The summed E-state index contributed by atoms with van der Waals surface area (Å²) in [4.78, 5) is 19.0. The van der Waals surface area contributed by atoms with Crippen molar-refractivity contribution in [2.24, 2.45) is 0 Å². The fourth-order valence-corrected chi connectivity index (χ4v) is 3.38. The van der Waals surface area contributed by atoms with Crippen LogP contribution < -0.4 is 14.4 Å². The van der Waals surface area contributed by atoms with Crippen LogP contribution in [0.5, 0.6) is 11.5 Å². The second-order valence-electron chi connectivity index (χ2n) is 5.73. The van der Waals surface area contributed by atoms with Gasteiger partial charge in [-0.1, -0.05) is 24.3 Å². The second-order valence-corrected chi connectivity index (χ2v) is 6.56. The molecule has 1 heterocycles. The highest BCUT2D eigenvalue weighted by Gasteiger charge is 2.18. The van der Waals surface area contributed by atoms with Crippen molar-refractivity contribution in [1.29, 1.82) is 0 Å². The van der Waals surface area contributed by atoms with Crippen LogP contribution in [0.3, 0.4) is 0 Å². The van der Waals surface area contributed by atoms with E-state index in [9.17, 15) is 4.79 Å². The molecule has 138 valence electrons. The lowest BCUT2D eigenvalue weighted by molar-refractivity contribution is -0.113. The van der Waals surface area contributed by atoms with E-state index in [2.05, 4.69) is 4.98 Å². The first-order valence-corrected chi connectivity index (χ1v) is 9.21. The maximum absolute atomic E-state index is 13.0. The molecular formula is C21H20N2O3S. The quantitative estimate of drug-likeness (QED) is 0.574. The molecule has 0 spiro atoms. The van der Waals surface area contributed by atoms with Crippen LogP contribution >= 0.6 is 11.3 Å². The predicted octanol–water partition coefficient (Wildman–Crippen LogP) is 4.85. The van der Waals surface area contributed by atoms with Gasteiger partial charge < -0.3 is 9.47 Å². The molecule has 3 rings (SSSR count). The summed E-state index contributed by atoms with van der Waals surface area (Å²) >= 11 is 1.44. The van der Waals surface area contributed by atoms with Gasteiger partial charge in [-0.15, -0.1) is 11.3 Å². The highest BCUT2D eigenvalue weighted by Crippen LogP contribution is 2.30. The molecule has 6 heteroatoms. The summed E-state index contributed by atoms with van der Waals surface area (Å²) in [6.07, 6.45) is 3.28. The summed E-state index contributed by atoms with van der Waals surface area (Å²) in [7, 11) is 3.17. The minimum absolute atomic E-state index is 0.176. The second kappa shape index (κ2) is 8.51. The van der Waals surface area contributed by atoms with Crippen LogP contribution in [-0.4, -0.2) is 25.1 Å². The van der Waals surface area contributed by atoms with Crippen LogP contribution in [0.25, 0.3) is 6.08 Å². The summed E-state index contributed by atoms with van der Waals surface area (Å²) in [6.45, 7) is 1.91. The third-order valence-corrected chi connectivity index (χ3v) is 4.80. The summed E-state index contributed by atoms with van der Waals surface area (Å²) < 4.78 is 10.6. The van der Waals surface area contributed by atoms with Crippen LogP contribution in [0.1, 0.15) is 11.3 Å². The number of hydrogen-bond donors (Lipinski definition) is 0. The van der Waals surface area contributed by atoms with E-state index < -0.39 is 0 Å². The average Bonchev–Trinajstić information content (AvgIpc) is 3.12. The maximum atomic E-state index is 13.0. The molecule has 0 bridgehead atoms. The molecule has 0 N–H and O–H groups in total. The van der Waals surface area contributed by atoms with Crippen LogP contribution in [0.4, 0.5) is 10.8 Å². The average molecular weight is 380 g/mol. The smallest absolute Gasteiger partial charge is 0.257 e. The lowest BCUT2D eigenvalue weighted by atomic mass is 10.2. The Balaban J connectivity index is 1.90. The molecule has 0 saturated carbocycles. The number of hydrogen-bond acceptors (Lipinski definition) is 5. The van der Waals surface area contributed by atoms with E-state index in [4.69, 9.17) is 9.47 Å². The van der Waals surface area contributed by atoms with Gasteiger partial charge in [-0.3, -0.25) is 9.69 Å². The number of anilines is 2. The van der Waals surface area contributed by atoms with E-state index in [1.54, 1.807) is 25.2 Å². The summed E-state index contributed by atoms with van der Waals surface area (Å²) in [5.41, 5.74) is 2.49. The molecule has 1 amide bonds. The van der Waals surface area contributed by atoms with Gasteiger partial charge in [-0.25, -0.2) is 4.98 Å². The fourth-order valence-electron chi connectivity index (χ4n) is 2.55. The highest BCUT2D eigenvalue weighted by atomic mass is 32.1. The predicted molar refractivity (Wildman–Crippen MR) is 109 cm³/mol. The number of nitrogens with zero attached hydrogens (tertiary/aromatic N) is 2. The maximum Gasteiger partial charge on any atom is 0.257 e. The number of para-hydroxylation sites is 1. The third-order valence-electron chi connectivity index (χ3n) is 3.86. The van der Waals surface area contributed by atoms with Gasteiger partial charge in [0, 0.05) is 11.5 Å². The number of amides is 1. The van der Waals surface area contributed by atoms with Gasteiger partial charge in [0.1, 0.15) is 0 Å². The minimum Gasteiger partial charge on any atom is -0.493 e. The van der Waals surface area contributed by atoms with Crippen molar-refractivity contribution >= 4 is 34.1 Å². The van der Waals surface area contributed by atoms with Crippen molar-refractivity contribution in [2.45, 2.75) is 6.92 Å². The van der Waals surface area contributed by atoms with Gasteiger partial charge in [-0.2, -0.15) is 0 Å². The Morgan fingerprint density at radius 3 is 2.44 bits per heavy atom. The van der Waals surface area contributed by atoms with Crippen molar-refractivity contribution in [3.63, 3.8) is 0 Å². The Morgan fingerprint density at radius 1 is 1.07 bits per heavy atom. The Morgan fingerprint density at radius 2 is 1.81 bits per heavy atom. The van der Waals surface area contributed by atoms with E-state index in [1.807, 2.05) is 60.8 Å². The summed E-state index contributed by atoms with van der Waals surface area (Å²) in [6, 6.07) is 15.0. The van der Waals surface area contributed by atoms with Crippen LogP contribution in [0, 0.1) is 6.92 Å². The van der Waals surface area contributed by atoms with Gasteiger partial charge in [0.2, 0.25) is 0 Å². The summed E-state index contributed by atoms with van der Waals surface area (Å²) in [5.74, 6) is 1.08. The molecule has 27 heavy (non-hydrogen) atoms. The number of rotatable bonds is 6. The zero-order valence-electron chi connectivity index (χ0n) is 15.4. The molecule has 0 fully saturated rings. The van der Waals surface area contributed by atoms with Crippen molar-refractivity contribution in [3.8, 4) is 11.5 Å². The molecule has 0 unspecified atom stereocenters. The largest absolute Gasteiger partial charge is 0.493 e. The van der Waals surface area contributed by atoms with E-state index >= 15 is 0 Å². The molecule has 1 aromatic heterocycles. The van der Waals surface area contributed by atoms with Gasteiger partial charge in [-0.05, 0) is 42.8 Å². The van der Waals surface area contributed by atoms with E-state index in [0.717, 1.165) is 16.9 Å². The van der Waals surface area contributed by atoms with Gasteiger partial charge in [0.05, 0.1) is 25.6 Å². The molecule has 0 saturated heterocycles. The Bertz CT molecular complexity index is 951. The monoisotopic (exact) mass is 380 g/mol. The zero-order chi connectivity index (χ0) is 19.2. The van der Waals surface area contributed by atoms with Gasteiger partial charge >= 0.3 is 0 Å². The van der Waals surface area contributed by atoms with Crippen LogP contribution in [-0.2, 0) is 4.79 Å². The number of thiazole rings is 1. The molecule has 2 aromatic carbocycles. The highest BCUT2D eigenvalue weighted by molar-refractivity contribution is 7.14. The lowest BCUT2D eigenvalue weighted by Gasteiger charge is -2.18. The molecule has 0 aliphatic heterocycles. The number of benzene rings is 2. The van der Waals surface area contributed by atoms with E-state index in [1.165, 1.54) is 17.4 Å². The fraction of sp³-hybridized carbons (Fsp3) is 0.143. The lowest BCUT2D eigenvalue weighted by Crippen LogP contribution is -2.23. The molecule has 3 aromatic rings. The number of methoxy groups -OCH3 is 2. The molecule has 0 radical (unpaired) electrons. The molecule has 5 nitrogen and oxygen atoms in total. The number of carbonyl (C=O) groups is 1. The van der Waals surface area contributed by atoms with E-state index in [-0.39, 0.29) is 5.91 Å². The molecule has 0 atom stereocenters. The normalized spacial score (nSPS) is 10.8. The number of ether oxygens (including phenoxy) is 2. The summed E-state index contributed by atoms with van der Waals surface area (Å²) in [5, 5.41) is 2.57. The Hall–Kier alpha value is -3.12. The number of aryl methyl sites for hydroxylation is 1.